The molecule has 7 heteroatoms. The van der Waals surface area contributed by atoms with Crippen molar-refractivity contribution < 1.29 is 33.3 Å². The van der Waals surface area contributed by atoms with Crippen molar-refractivity contribution in [3.63, 3.8) is 0 Å². The fourth-order valence-corrected chi connectivity index (χ4v) is 0.997. The van der Waals surface area contributed by atoms with Crippen molar-refractivity contribution in [3.8, 4) is 0 Å². The lowest BCUT2D eigenvalue weighted by molar-refractivity contribution is -0.157. The van der Waals surface area contributed by atoms with Crippen molar-refractivity contribution in [1.82, 2.24) is 0 Å². The van der Waals surface area contributed by atoms with E-state index in [0.29, 0.717) is 26.4 Å². The second-order valence-corrected chi connectivity index (χ2v) is 3.33. The maximum atomic E-state index is 11.1. The molecule has 0 fully saturated rings. The Morgan fingerprint density at radius 1 is 0.684 bits per heavy atom. The Morgan fingerprint density at radius 3 is 1.68 bits per heavy atom. The molecule has 0 heterocycles. The zero-order chi connectivity index (χ0) is 14.3. The van der Waals surface area contributed by atoms with Crippen molar-refractivity contribution >= 4 is 11.9 Å². The third-order valence-corrected chi connectivity index (χ3v) is 1.83. The third kappa shape index (κ3) is 13.1. The van der Waals surface area contributed by atoms with Gasteiger partial charge < -0.3 is 23.7 Å². The van der Waals surface area contributed by atoms with E-state index < -0.39 is 11.9 Å². The lowest BCUT2D eigenvalue weighted by Gasteiger charge is -2.07. The molecule has 0 saturated heterocycles. The van der Waals surface area contributed by atoms with Crippen LogP contribution in [0.4, 0.5) is 0 Å². The summed E-state index contributed by atoms with van der Waals surface area (Å²) in [7, 11) is 0. The number of ether oxygens (including phenoxy) is 5. The van der Waals surface area contributed by atoms with Gasteiger partial charge in [-0.15, -0.1) is 0 Å². The van der Waals surface area contributed by atoms with Crippen LogP contribution >= 0.6 is 0 Å². The van der Waals surface area contributed by atoms with Gasteiger partial charge in [-0.25, -0.2) is 9.59 Å². The van der Waals surface area contributed by atoms with Crippen LogP contribution in [-0.4, -0.2) is 64.8 Å². The molecule has 0 aromatic heterocycles. The van der Waals surface area contributed by atoms with Crippen LogP contribution < -0.4 is 0 Å². The first kappa shape index (κ1) is 17.8. The number of carbonyl (C=O) groups is 2. The van der Waals surface area contributed by atoms with Crippen LogP contribution in [-0.2, 0) is 33.3 Å². The molecule has 7 nitrogen and oxygen atoms in total. The van der Waals surface area contributed by atoms with E-state index in [1.54, 1.807) is 6.92 Å². The highest BCUT2D eigenvalue weighted by atomic mass is 16.6. The highest BCUT2D eigenvalue weighted by molar-refractivity contribution is 5.71. The summed E-state index contributed by atoms with van der Waals surface area (Å²) in [6.45, 7) is 5.28. The second-order valence-electron chi connectivity index (χ2n) is 3.33. The fourth-order valence-electron chi connectivity index (χ4n) is 0.997. The van der Waals surface area contributed by atoms with E-state index in [9.17, 15) is 9.59 Å². The van der Waals surface area contributed by atoms with Crippen molar-refractivity contribution in [3.05, 3.63) is 0 Å². The van der Waals surface area contributed by atoms with Crippen LogP contribution in [0.1, 0.15) is 13.8 Å². The zero-order valence-electron chi connectivity index (χ0n) is 11.5. The first-order valence-electron chi connectivity index (χ1n) is 6.25. The Hall–Kier alpha value is -1.18. The van der Waals surface area contributed by atoms with E-state index in [4.69, 9.17) is 23.7 Å². The van der Waals surface area contributed by atoms with Gasteiger partial charge in [0.1, 0.15) is 26.4 Å². The van der Waals surface area contributed by atoms with Gasteiger partial charge in [-0.1, -0.05) is 0 Å². The van der Waals surface area contributed by atoms with Crippen LogP contribution in [0.3, 0.4) is 0 Å². The molecule has 112 valence electrons. The highest BCUT2D eigenvalue weighted by Gasteiger charge is 2.05. The van der Waals surface area contributed by atoms with Gasteiger partial charge in [-0.3, -0.25) is 0 Å². The molecule has 0 spiro atoms. The molecule has 0 radical (unpaired) electrons. The largest absolute Gasteiger partial charge is 0.460 e. The first-order valence-corrected chi connectivity index (χ1v) is 6.25. The van der Waals surface area contributed by atoms with Gasteiger partial charge in [0.15, 0.2) is 0 Å². The van der Waals surface area contributed by atoms with E-state index in [1.165, 1.54) is 0 Å². The van der Waals surface area contributed by atoms with Crippen LogP contribution in [0.25, 0.3) is 0 Å². The molecular formula is C12H22O7. The zero-order valence-corrected chi connectivity index (χ0v) is 11.5. The molecule has 0 aromatic rings. The molecule has 0 bridgehead atoms. The molecule has 0 unspecified atom stereocenters. The SMILES string of the molecule is CCOCCOCC(=O)OCCOC(=O)COCC. The van der Waals surface area contributed by atoms with E-state index in [0.717, 1.165) is 0 Å². The number of hydrogen-bond acceptors (Lipinski definition) is 7. The molecule has 0 aromatic carbocycles. The van der Waals surface area contributed by atoms with Gasteiger partial charge >= 0.3 is 11.9 Å². The fraction of sp³-hybridized carbons (Fsp3) is 0.833. The van der Waals surface area contributed by atoms with Crippen molar-refractivity contribution in [1.29, 1.82) is 0 Å². The van der Waals surface area contributed by atoms with E-state index >= 15 is 0 Å². The van der Waals surface area contributed by atoms with Gasteiger partial charge in [-0.05, 0) is 13.8 Å². The molecule has 0 aliphatic carbocycles. The number of esters is 2. The minimum absolute atomic E-state index is 0.00547. The smallest absolute Gasteiger partial charge is 0.332 e. The highest BCUT2D eigenvalue weighted by Crippen LogP contribution is 1.86. The predicted octanol–water partition coefficient (Wildman–Crippen LogP) is 0.162. The van der Waals surface area contributed by atoms with Crippen LogP contribution in [0, 0.1) is 0 Å². The number of hydrogen-bond donors (Lipinski definition) is 0. The van der Waals surface area contributed by atoms with E-state index in [-0.39, 0.29) is 26.4 Å². The summed E-state index contributed by atoms with van der Waals surface area (Å²) in [5.74, 6) is -0.983. The molecule has 0 saturated carbocycles. The summed E-state index contributed by atoms with van der Waals surface area (Å²) >= 11 is 0. The molecule has 0 aliphatic heterocycles. The molecule has 0 atom stereocenters. The summed E-state index contributed by atoms with van der Waals surface area (Å²) in [5.41, 5.74) is 0. The Balaban J connectivity index is 3.31. The van der Waals surface area contributed by atoms with Gasteiger partial charge in [0.25, 0.3) is 0 Å². The van der Waals surface area contributed by atoms with Crippen LogP contribution in [0.5, 0.6) is 0 Å². The molecular weight excluding hydrogens is 256 g/mol. The average Bonchev–Trinajstić information content (AvgIpc) is 2.41. The molecule has 0 amide bonds. The molecule has 19 heavy (non-hydrogen) atoms. The van der Waals surface area contributed by atoms with Gasteiger partial charge in [0.2, 0.25) is 0 Å². The first-order chi connectivity index (χ1) is 9.20. The quantitative estimate of drug-likeness (QED) is 0.371. The van der Waals surface area contributed by atoms with Gasteiger partial charge in [-0.2, -0.15) is 0 Å². The minimum Gasteiger partial charge on any atom is -0.460 e. The van der Waals surface area contributed by atoms with Crippen LogP contribution in [0.2, 0.25) is 0 Å². The Kier molecular flexibility index (Phi) is 12.4. The Bertz CT molecular complexity index is 242. The van der Waals surface area contributed by atoms with E-state index in [1.807, 2.05) is 6.92 Å². The summed E-state index contributed by atoms with van der Waals surface area (Å²) in [6.07, 6.45) is 0. The molecule has 0 aliphatic rings. The third-order valence-electron chi connectivity index (χ3n) is 1.83. The average molecular weight is 278 g/mol. The maximum Gasteiger partial charge on any atom is 0.332 e. The monoisotopic (exact) mass is 278 g/mol. The summed E-state index contributed by atoms with van der Waals surface area (Å²) in [5, 5.41) is 0. The van der Waals surface area contributed by atoms with Gasteiger partial charge in [0, 0.05) is 13.2 Å². The van der Waals surface area contributed by atoms with Gasteiger partial charge in [0.05, 0.1) is 13.2 Å². The number of carbonyl (C=O) groups excluding carboxylic acids is 2. The summed E-state index contributed by atoms with van der Waals surface area (Å²) in [4.78, 5) is 22.1. The molecule has 0 N–H and O–H groups in total. The summed E-state index contributed by atoms with van der Waals surface area (Å²) in [6, 6.07) is 0. The summed E-state index contributed by atoms with van der Waals surface area (Å²) < 4.78 is 24.4. The number of rotatable bonds is 12. The second kappa shape index (κ2) is 13.3. The Labute approximate surface area is 113 Å². The maximum absolute atomic E-state index is 11.1. The Morgan fingerprint density at radius 2 is 1.16 bits per heavy atom. The lowest BCUT2D eigenvalue weighted by atomic mass is 10.6. The normalized spacial score (nSPS) is 10.2. The predicted molar refractivity (Wildman–Crippen MR) is 65.7 cm³/mol. The minimum atomic E-state index is -0.502. The van der Waals surface area contributed by atoms with Crippen molar-refractivity contribution in [2.24, 2.45) is 0 Å². The topological polar surface area (TPSA) is 80.3 Å². The van der Waals surface area contributed by atoms with E-state index in [2.05, 4.69) is 0 Å². The lowest BCUT2D eigenvalue weighted by Crippen LogP contribution is -2.20. The molecule has 0 rings (SSSR count). The van der Waals surface area contributed by atoms with Crippen molar-refractivity contribution in [2.75, 3.05) is 52.9 Å². The standard InChI is InChI=1S/C12H22O7/c1-3-15-5-6-17-10-12(14)19-8-7-18-11(13)9-16-4-2/h3-10H2,1-2H3. The van der Waals surface area contributed by atoms with Crippen LogP contribution in [0.15, 0.2) is 0 Å². The van der Waals surface area contributed by atoms with Crippen molar-refractivity contribution in [2.45, 2.75) is 13.8 Å².